The van der Waals surface area contributed by atoms with Gasteiger partial charge in [-0.2, -0.15) is 0 Å². The van der Waals surface area contributed by atoms with E-state index in [1.165, 1.54) is 23.9 Å². The van der Waals surface area contributed by atoms with Gasteiger partial charge in [-0.05, 0) is 30.5 Å². The molecule has 0 bridgehead atoms. The molecule has 5 nitrogen and oxygen atoms in total. The summed E-state index contributed by atoms with van der Waals surface area (Å²) in [6, 6.07) is 8.03. The predicted molar refractivity (Wildman–Crippen MR) is 89.0 cm³/mol. The van der Waals surface area contributed by atoms with E-state index in [9.17, 15) is 13.6 Å². The molecule has 0 fully saturated rings. The molecular formula is C17H13F2N3O2S. The van der Waals surface area contributed by atoms with Crippen LogP contribution < -0.4 is 5.32 Å². The fraction of sp³-hybridized carbons (Fsp3) is 0.118. The van der Waals surface area contributed by atoms with Crippen LogP contribution in [-0.2, 0) is 6.54 Å². The molecular weight excluding hydrogens is 348 g/mol. The summed E-state index contributed by atoms with van der Waals surface area (Å²) < 4.78 is 31.8. The maximum atomic E-state index is 13.8. The Balaban J connectivity index is 1.70. The maximum absolute atomic E-state index is 13.8. The van der Waals surface area contributed by atoms with Gasteiger partial charge in [0.05, 0.1) is 17.7 Å². The second-order valence-corrected chi connectivity index (χ2v) is 5.84. The van der Waals surface area contributed by atoms with Crippen LogP contribution in [0, 0.1) is 11.6 Å². The highest BCUT2D eigenvalue weighted by atomic mass is 32.2. The highest BCUT2D eigenvalue weighted by molar-refractivity contribution is 7.98. The number of benzene rings is 1. The lowest BCUT2D eigenvalue weighted by molar-refractivity contribution is 0.0946. The summed E-state index contributed by atoms with van der Waals surface area (Å²) in [7, 11) is 0. The average molecular weight is 361 g/mol. The third-order valence-electron chi connectivity index (χ3n) is 3.39. The van der Waals surface area contributed by atoms with Gasteiger partial charge in [-0.25, -0.2) is 13.8 Å². The van der Waals surface area contributed by atoms with Crippen molar-refractivity contribution in [2.45, 2.75) is 11.6 Å². The van der Waals surface area contributed by atoms with E-state index in [0.717, 1.165) is 12.1 Å². The predicted octanol–water partition coefficient (Wildman–Crippen LogP) is 3.67. The fourth-order valence-electron chi connectivity index (χ4n) is 2.20. The van der Waals surface area contributed by atoms with Crippen LogP contribution in [0.1, 0.15) is 16.1 Å². The molecule has 0 unspecified atom stereocenters. The number of nitrogens with one attached hydrogen (secondary N) is 1. The molecule has 8 heteroatoms. The Kier molecular flexibility index (Phi) is 5.08. The number of hydrogen-bond acceptors (Lipinski definition) is 5. The molecule has 0 saturated carbocycles. The van der Waals surface area contributed by atoms with Crippen LogP contribution in [0.2, 0.25) is 0 Å². The molecule has 3 aromatic rings. The van der Waals surface area contributed by atoms with Crippen molar-refractivity contribution < 1.29 is 18.1 Å². The molecule has 0 aliphatic carbocycles. The first-order valence-electron chi connectivity index (χ1n) is 7.26. The van der Waals surface area contributed by atoms with E-state index in [-0.39, 0.29) is 23.8 Å². The van der Waals surface area contributed by atoms with Crippen LogP contribution in [0.4, 0.5) is 8.78 Å². The third kappa shape index (κ3) is 3.85. The van der Waals surface area contributed by atoms with Gasteiger partial charge in [-0.1, -0.05) is 5.16 Å². The number of pyridine rings is 1. The first-order valence-corrected chi connectivity index (χ1v) is 8.49. The van der Waals surface area contributed by atoms with Crippen LogP contribution in [0.25, 0.3) is 11.3 Å². The smallest absolute Gasteiger partial charge is 0.254 e. The minimum absolute atomic E-state index is 0.100. The number of amides is 1. The van der Waals surface area contributed by atoms with Crippen molar-refractivity contribution in [2.24, 2.45) is 0 Å². The molecule has 3 rings (SSSR count). The van der Waals surface area contributed by atoms with E-state index < -0.39 is 11.6 Å². The van der Waals surface area contributed by atoms with Crippen LogP contribution in [0.3, 0.4) is 0 Å². The largest absolute Gasteiger partial charge is 0.356 e. The highest BCUT2D eigenvalue weighted by Gasteiger charge is 2.15. The zero-order valence-corrected chi connectivity index (χ0v) is 13.9. The summed E-state index contributed by atoms with van der Waals surface area (Å²) in [5.74, 6) is -1.55. The van der Waals surface area contributed by atoms with Crippen molar-refractivity contribution in [3.05, 3.63) is 65.5 Å². The SMILES string of the molecule is CSc1ncccc1C(=O)NCc1cc(-c2ccc(F)cc2F)on1. The molecule has 0 radical (unpaired) electrons. The molecule has 2 heterocycles. The molecule has 2 aromatic heterocycles. The van der Waals surface area contributed by atoms with Crippen molar-refractivity contribution in [1.29, 1.82) is 0 Å². The monoisotopic (exact) mass is 361 g/mol. The van der Waals surface area contributed by atoms with Crippen molar-refractivity contribution in [3.8, 4) is 11.3 Å². The van der Waals surface area contributed by atoms with Gasteiger partial charge in [0, 0.05) is 18.3 Å². The number of carbonyl (C=O) groups is 1. The van der Waals surface area contributed by atoms with Crippen molar-refractivity contribution in [1.82, 2.24) is 15.5 Å². The van der Waals surface area contributed by atoms with Gasteiger partial charge in [-0.3, -0.25) is 4.79 Å². The Morgan fingerprint density at radius 3 is 2.88 bits per heavy atom. The third-order valence-corrected chi connectivity index (χ3v) is 4.11. The topological polar surface area (TPSA) is 68.0 Å². The van der Waals surface area contributed by atoms with Crippen molar-refractivity contribution in [2.75, 3.05) is 6.26 Å². The molecule has 1 aromatic carbocycles. The van der Waals surface area contributed by atoms with E-state index in [4.69, 9.17) is 4.52 Å². The second-order valence-electron chi connectivity index (χ2n) is 5.05. The number of carbonyl (C=O) groups excluding carboxylic acids is 1. The molecule has 0 spiro atoms. The Bertz CT molecular complexity index is 914. The number of halogens is 2. The second kappa shape index (κ2) is 7.43. The van der Waals surface area contributed by atoms with Gasteiger partial charge in [-0.15, -0.1) is 11.8 Å². The first-order chi connectivity index (χ1) is 12.1. The average Bonchev–Trinajstić information content (AvgIpc) is 3.08. The Morgan fingerprint density at radius 1 is 1.28 bits per heavy atom. The summed E-state index contributed by atoms with van der Waals surface area (Å²) in [5.41, 5.74) is 0.980. The van der Waals surface area contributed by atoms with Crippen molar-refractivity contribution >= 4 is 17.7 Å². The lowest BCUT2D eigenvalue weighted by atomic mass is 10.1. The normalized spacial score (nSPS) is 10.7. The Labute approximate surface area is 146 Å². The van der Waals surface area contributed by atoms with Gasteiger partial charge in [0.1, 0.15) is 22.4 Å². The molecule has 1 N–H and O–H groups in total. The number of hydrogen-bond donors (Lipinski definition) is 1. The summed E-state index contributed by atoms with van der Waals surface area (Å²) in [6.07, 6.45) is 3.45. The molecule has 1 amide bonds. The standard InChI is InChI=1S/C17H13F2N3O2S/c1-25-17-13(3-2-6-20-17)16(23)21-9-11-8-15(24-22-11)12-5-4-10(18)7-14(12)19/h2-8H,9H2,1H3,(H,21,23). The number of thioether (sulfide) groups is 1. The van der Waals surface area contributed by atoms with E-state index in [0.29, 0.717) is 16.3 Å². The quantitative estimate of drug-likeness (QED) is 0.703. The zero-order valence-electron chi connectivity index (χ0n) is 13.1. The molecule has 0 aliphatic rings. The van der Waals surface area contributed by atoms with Gasteiger partial charge < -0.3 is 9.84 Å². The maximum Gasteiger partial charge on any atom is 0.254 e. The van der Waals surface area contributed by atoms with Crippen LogP contribution >= 0.6 is 11.8 Å². The summed E-state index contributed by atoms with van der Waals surface area (Å²) >= 11 is 1.37. The van der Waals surface area contributed by atoms with Crippen molar-refractivity contribution in [3.63, 3.8) is 0 Å². The van der Waals surface area contributed by atoms with Gasteiger partial charge >= 0.3 is 0 Å². The summed E-state index contributed by atoms with van der Waals surface area (Å²) in [5, 5.41) is 7.12. The van der Waals surface area contributed by atoms with Gasteiger partial charge in [0.25, 0.3) is 5.91 Å². The van der Waals surface area contributed by atoms with E-state index in [2.05, 4.69) is 15.5 Å². The minimum atomic E-state index is -0.744. The van der Waals surface area contributed by atoms with E-state index >= 15 is 0 Å². The Morgan fingerprint density at radius 2 is 2.12 bits per heavy atom. The summed E-state index contributed by atoms with van der Waals surface area (Å²) in [6.45, 7) is 0.105. The molecule has 25 heavy (non-hydrogen) atoms. The van der Waals surface area contributed by atoms with Crippen LogP contribution in [-0.4, -0.2) is 22.3 Å². The number of aromatic nitrogens is 2. The number of rotatable bonds is 5. The van der Waals surface area contributed by atoms with Gasteiger partial charge in [0.2, 0.25) is 0 Å². The first kappa shape index (κ1) is 17.1. The van der Waals surface area contributed by atoms with Crippen LogP contribution in [0.15, 0.2) is 52.1 Å². The van der Waals surface area contributed by atoms with Crippen LogP contribution in [0.5, 0.6) is 0 Å². The molecule has 0 aliphatic heterocycles. The van der Waals surface area contributed by atoms with E-state index in [1.807, 2.05) is 6.26 Å². The Hall–Kier alpha value is -2.74. The molecule has 0 saturated heterocycles. The molecule has 0 atom stereocenters. The van der Waals surface area contributed by atoms with E-state index in [1.54, 1.807) is 18.3 Å². The molecule has 128 valence electrons. The summed E-state index contributed by atoms with van der Waals surface area (Å²) in [4.78, 5) is 16.4. The zero-order chi connectivity index (χ0) is 17.8. The lowest BCUT2D eigenvalue weighted by Crippen LogP contribution is -2.23. The van der Waals surface area contributed by atoms with Gasteiger partial charge in [0.15, 0.2) is 5.76 Å². The lowest BCUT2D eigenvalue weighted by Gasteiger charge is -2.06. The minimum Gasteiger partial charge on any atom is -0.356 e. The number of nitrogens with zero attached hydrogens (tertiary/aromatic N) is 2. The fourth-order valence-corrected chi connectivity index (χ4v) is 2.75. The highest BCUT2D eigenvalue weighted by Crippen LogP contribution is 2.24.